The zero-order chi connectivity index (χ0) is 8.55. The smallest absolute Gasteiger partial charge is 0.156 e. The Hall–Kier alpha value is -0.890. The van der Waals surface area contributed by atoms with Crippen LogP contribution in [0.4, 0.5) is 5.82 Å². The molecular weight excluding hydrogens is 173 g/mol. The summed E-state index contributed by atoms with van der Waals surface area (Å²) in [6.45, 7) is 0. The van der Waals surface area contributed by atoms with Crippen LogP contribution in [-0.4, -0.2) is 21.5 Å². The van der Waals surface area contributed by atoms with Crippen molar-refractivity contribution in [1.29, 1.82) is 0 Å². The molecule has 1 aromatic rings. The molecule has 1 fully saturated rings. The van der Waals surface area contributed by atoms with Gasteiger partial charge in [-0.25, -0.2) is 0 Å². The Morgan fingerprint density at radius 3 is 3.00 bits per heavy atom. The average Bonchev–Trinajstić information content (AvgIpc) is 2.76. The quantitative estimate of drug-likeness (QED) is 0.559. The van der Waals surface area contributed by atoms with Gasteiger partial charge in [-0.3, -0.25) is 9.25 Å². The van der Waals surface area contributed by atoms with Crippen molar-refractivity contribution in [2.24, 2.45) is 0 Å². The summed E-state index contributed by atoms with van der Waals surface area (Å²) in [7, 11) is 0.659. The molecule has 5 heteroatoms. The van der Waals surface area contributed by atoms with E-state index in [9.17, 15) is 4.79 Å². The van der Waals surface area contributed by atoms with Crippen LogP contribution < -0.4 is 5.73 Å². The minimum absolute atomic E-state index is 0.346. The number of rotatable bonds is 3. The van der Waals surface area contributed by atoms with Gasteiger partial charge in [-0.2, -0.15) is 5.10 Å². The fourth-order valence-corrected chi connectivity index (χ4v) is 2.14. The highest BCUT2D eigenvalue weighted by atomic mass is 31.1. The first-order valence-corrected chi connectivity index (χ1v) is 4.89. The van der Waals surface area contributed by atoms with E-state index in [2.05, 4.69) is 5.10 Å². The van der Waals surface area contributed by atoms with Crippen molar-refractivity contribution in [2.45, 2.75) is 18.5 Å². The van der Waals surface area contributed by atoms with E-state index in [-0.39, 0.29) is 0 Å². The largest absolute Gasteiger partial charge is 0.382 e. The van der Waals surface area contributed by atoms with Crippen molar-refractivity contribution in [1.82, 2.24) is 9.55 Å². The van der Waals surface area contributed by atoms with Crippen molar-refractivity contribution in [3.63, 3.8) is 0 Å². The van der Waals surface area contributed by atoms with E-state index in [1.54, 1.807) is 10.6 Å². The molecular formula is C7H10N3OP. The molecule has 0 saturated heterocycles. The molecule has 0 amide bonds. The Balaban J connectivity index is 2.15. The number of hydrogen-bond acceptors (Lipinski definition) is 3. The Morgan fingerprint density at radius 1 is 1.75 bits per heavy atom. The molecule has 1 heterocycles. The minimum Gasteiger partial charge on any atom is -0.382 e. The predicted octanol–water partition coefficient (Wildman–Crippen LogP) is 0.882. The zero-order valence-electron chi connectivity index (χ0n) is 6.53. The number of aromatic nitrogens is 2. The second-order valence-electron chi connectivity index (χ2n) is 2.94. The highest BCUT2D eigenvalue weighted by molar-refractivity contribution is 7.37. The van der Waals surface area contributed by atoms with Gasteiger partial charge < -0.3 is 5.73 Å². The number of anilines is 1. The molecule has 1 unspecified atom stereocenters. The Labute approximate surface area is 72.0 Å². The monoisotopic (exact) mass is 183 g/mol. The van der Waals surface area contributed by atoms with Crippen LogP contribution in [0.1, 0.15) is 23.2 Å². The molecule has 0 radical (unpaired) electrons. The van der Waals surface area contributed by atoms with Gasteiger partial charge in [-0.05, 0) is 18.5 Å². The number of aldehydes is 1. The first-order valence-electron chi connectivity index (χ1n) is 3.86. The lowest BCUT2D eigenvalue weighted by molar-refractivity contribution is 0.112. The normalized spacial score (nSPS) is 17.3. The highest BCUT2D eigenvalue weighted by Gasteiger charge is 2.22. The van der Waals surface area contributed by atoms with Gasteiger partial charge in [0.05, 0.1) is 5.56 Å². The number of carbonyl (C=O) groups is 1. The lowest BCUT2D eigenvalue weighted by atomic mass is 10.4. The number of hydrogen-bond donors (Lipinski definition) is 1. The molecule has 4 nitrogen and oxygen atoms in total. The van der Waals surface area contributed by atoms with Gasteiger partial charge in [0.25, 0.3) is 0 Å². The molecule has 0 aliphatic heterocycles. The van der Waals surface area contributed by atoms with Gasteiger partial charge in [0.15, 0.2) is 12.1 Å². The Morgan fingerprint density at radius 2 is 2.50 bits per heavy atom. The van der Waals surface area contributed by atoms with E-state index in [4.69, 9.17) is 5.73 Å². The second-order valence-corrected chi connectivity index (χ2v) is 4.47. The zero-order valence-corrected chi connectivity index (χ0v) is 7.53. The van der Waals surface area contributed by atoms with Crippen LogP contribution in [0.15, 0.2) is 6.20 Å². The maximum absolute atomic E-state index is 10.4. The number of nitrogens with two attached hydrogens (primary N) is 1. The molecule has 0 bridgehead atoms. The van der Waals surface area contributed by atoms with Crippen molar-refractivity contribution in [2.75, 3.05) is 5.73 Å². The molecule has 1 aliphatic carbocycles. The summed E-state index contributed by atoms with van der Waals surface area (Å²) in [6.07, 6.45) is 5.04. The van der Waals surface area contributed by atoms with E-state index in [1.165, 1.54) is 12.8 Å². The van der Waals surface area contributed by atoms with E-state index < -0.39 is 0 Å². The summed E-state index contributed by atoms with van der Waals surface area (Å²) in [5.41, 5.74) is 6.77. The van der Waals surface area contributed by atoms with Crippen molar-refractivity contribution < 1.29 is 4.79 Å². The fourth-order valence-electron chi connectivity index (χ4n) is 0.957. The minimum atomic E-state index is 0.346. The van der Waals surface area contributed by atoms with Gasteiger partial charge >= 0.3 is 0 Å². The predicted molar refractivity (Wildman–Crippen MR) is 48.8 cm³/mol. The van der Waals surface area contributed by atoms with Gasteiger partial charge in [0.1, 0.15) is 0 Å². The molecule has 0 spiro atoms. The van der Waals surface area contributed by atoms with Crippen molar-refractivity contribution in [3.05, 3.63) is 11.8 Å². The molecule has 2 N–H and O–H groups in total. The van der Waals surface area contributed by atoms with Gasteiger partial charge in [-0.1, -0.05) is 0 Å². The molecule has 1 aliphatic rings. The van der Waals surface area contributed by atoms with Crippen LogP contribution in [0.25, 0.3) is 0 Å². The van der Waals surface area contributed by atoms with E-state index in [0.717, 1.165) is 11.9 Å². The standard InChI is InChI=1S/C7H10N3OP/c8-7-5(4-11)3-10(9-7)12-6-1-2-6/h3-4,6,12H,1-2H2,(H2,8,9). The molecule has 1 saturated carbocycles. The fraction of sp³-hybridized carbons (Fsp3) is 0.429. The van der Waals surface area contributed by atoms with Crippen molar-refractivity contribution >= 4 is 20.8 Å². The SMILES string of the molecule is Nc1nn(PC2CC2)cc1C=O. The molecule has 12 heavy (non-hydrogen) atoms. The van der Waals surface area contributed by atoms with Crippen LogP contribution in [-0.2, 0) is 0 Å². The van der Waals surface area contributed by atoms with Crippen LogP contribution in [0.3, 0.4) is 0 Å². The summed E-state index contributed by atoms with van der Waals surface area (Å²) in [4.78, 5) is 10.4. The second kappa shape index (κ2) is 2.87. The Kier molecular flexibility index (Phi) is 1.85. The molecule has 0 aromatic carbocycles. The third-order valence-corrected chi connectivity index (χ3v) is 3.23. The summed E-state index contributed by atoms with van der Waals surface area (Å²) in [6, 6.07) is 0. The van der Waals surface area contributed by atoms with Crippen LogP contribution in [0, 0.1) is 0 Å². The third kappa shape index (κ3) is 1.48. The number of nitrogen functional groups attached to an aromatic ring is 1. The molecule has 64 valence electrons. The first-order chi connectivity index (χ1) is 5.79. The lowest BCUT2D eigenvalue weighted by Crippen LogP contribution is -1.90. The van der Waals surface area contributed by atoms with Gasteiger partial charge in [-0.15, -0.1) is 0 Å². The van der Waals surface area contributed by atoms with E-state index in [1.807, 2.05) is 0 Å². The summed E-state index contributed by atoms with van der Waals surface area (Å²) in [5, 5.41) is 4.04. The summed E-state index contributed by atoms with van der Waals surface area (Å²) < 4.78 is 1.79. The topological polar surface area (TPSA) is 60.9 Å². The Bertz CT molecular complexity index is 306. The van der Waals surface area contributed by atoms with E-state index in [0.29, 0.717) is 20.1 Å². The number of carbonyl (C=O) groups excluding carboxylic acids is 1. The van der Waals surface area contributed by atoms with Gasteiger partial charge in [0, 0.05) is 14.9 Å². The molecule has 1 atom stereocenters. The molecule has 2 rings (SSSR count). The maximum Gasteiger partial charge on any atom is 0.156 e. The average molecular weight is 183 g/mol. The van der Waals surface area contributed by atoms with E-state index >= 15 is 0 Å². The summed E-state index contributed by atoms with van der Waals surface area (Å²) in [5.74, 6) is 0.346. The van der Waals surface area contributed by atoms with Crippen LogP contribution >= 0.6 is 8.73 Å². The summed E-state index contributed by atoms with van der Waals surface area (Å²) >= 11 is 0. The third-order valence-electron chi connectivity index (χ3n) is 1.79. The number of nitrogens with zero attached hydrogens (tertiary/aromatic N) is 2. The van der Waals surface area contributed by atoms with Crippen molar-refractivity contribution in [3.8, 4) is 0 Å². The first kappa shape index (κ1) is 7.74. The molecule has 1 aromatic heterocycles. The van der Waals surface area contributed by atoms with Crippen LogP contribution in [0.2, 0.25) is 0 Å². The highest BCUT2D eigenvalue weighted by Crippen LogP contribution is 2.39. The van der Waals surface area contributed by atoms with Gasteiger partial charge in [0.2, 0.25) is 0 Å². The lowest BCUT2D eigenvalue weighted by Gasteiger charge is -1.95. The van der Waals surface area contributed by atoms with Crippen LogP contribution in [0.5, 0.6) is 0 Å². The maximum atomic E-state index is 10.4.